The Morgan fingerprint density at radius 1 is 1.14 bits per heavy atom. The molecular formula is C19H23NO. The topological polar surface area (TPSA) is 21.3 Å². The molecule has 2 aromatic carbocycles. The van der Waals surface area contributed by atoms with Gasteiger partial charge in [-0.2, -0.15) is 0 Å². The molecule has 1 atom stereocenters. The van der Waals surface area contributed by atoms with E-state index in [9.17, 15) is 0 Å². The summed E-state index contributed by atoms with van der Waals surface area (Å²) in [5.74, 6) is 0.918. The Kier molecular flexibility index (Phi) is 5.59. The molecule has 2 rings (SSSR count). The number of ether oxygens (including phenoxy) is 1. The fourth-order valence-electron chi connectivity index (χ4n) is 2.39. The highest BCUT2D eigenvalue weighted by Gasteiger charge is 2.09. The minimum absolute atomic E-state index is 0.304. The zero-order valence-corrected chi connectivity index (χ0v) is 12.8. The minimum atomic E-state index is 0.304. The monoisotopic (exact) mass is 281 g/mol. The highest BCUT2D eigenvalue weighted by Crippen LogP contribution is 2.21. The molecule has 2 aromatic rings. The Labute approximate surface area is 127 Å². The molecule has 0 saturated carbocycles. The van der Waals surface area contributed by atoms with Gasteiger partial charge in [0.05, 0.1) is 0 Å². The summed E-state index contributed by atoms with van der Waals surface area (Å²) in [5, 5.41) is 3.57. The summed E-state index contributed by atoms with van der Waals surface area (Å²) in [6, 6.07) is 16.9. The van der Waals surface area contributed by atoms with E-state index in [1.54, 1.807) is 6.08 Å². The summed E-state index contributed by atoms with van der Waals surface area (Å²) in [5.41, 5.74) is 3.82. The predicted octanol–water partition coefficient (Wildman–Crippen LogP) is 4.41. The molecule has 2 nitrogen and oxygen atoms in total. The molecule has 0 bridgehead atoms. The van der Waals surface area contributed by atoms with Crippen molar-refractivity contribution in [1.29, 1.82) is 0 Å². The molecule has 0 radical (unpaired) electrons. The van der Waals surface area contributed by atoms with Crippen molar-refractivity contribution in [3.8, 4) is 5.75 Å². The van der Waals surface area contributed by atoms with Crippen LogP contribution in [0.2, 0.25) is 0 Å². The van der Waals surface area contributed by atoms with Crippen LogP contribution in [0.1, 0.15) is 29.7 Å². The van der Waals surface area contributed by atoms with Crippen LogP contribution in [-0.4, -0.2) is 6.61 Å². The molecule has 21 heavy (non-hydrogen) atoms. The van der Waals surface area contributed by atoms with E-state index in [4.69, 9.17) is 4.74 Å². The molecule has 2 heteroatoms. The van der Waals surface area contributed by atoms with Crippen LogP contribution in [0.15, 0.2) is 61.2 Å². The van der Waals surface area contributed by atoms with Gasteiger partial charge in [-0.3, -0.25) is 0 Å². The summed E-state index contributed by atoms with van der Waals surface area (Å²) in [6.07, 6.45) is 1.76. The lowest BCUT2D eigenvalue weighted by Crippen LogP contribution is -2.19. The van der Waals surface area contributed by atoms with Gasteiger partial charge >= 0.3 is 0 Å². The smallest absolute Gasteiger partial charge is 0.124 e. The Bertz CT molecular complexity index is 592. The maximum absolute atomic E-state index is 5.69. The van der Waals surface area contributed by atoms with Crippen molar-refractivity contribution in [2.75, 3.05) is 6.61 Å². The van der Waals surface area contributed by atoms with Gasteiger partial charge < -0.3 is 10.1 Å². The molecule has 0 spiro atoms. The van der Waals surface area contributed by atoms with Crippen LogP contribution in [-0.2, 0) is 6.54 Å². The molecule has 1 N–H and O–H groups in total. The van der Waals surface area contributed by atoms with Crippen molar-refractivity contribution in [2.45, 2.75) is 26.4 Å². The lowest BCUT2D eigenvalue weighted by Gasteiger charge is -2.18. The van der Waals surface area contributed by atoms with Gasteiger partial charge in [-0.25, -0.2) is 0 Å². The van der Waals surface area contributed by atoms with Crippen LogP contribution in [0.25, 0.3) is 0 Å². The van der Waals surface area contributed by atoms with E-state index < -0.39 is 0 Å². The number of hydrogen-bond donors (Lipinski definition) is 1. The molecule has 0 fully saturated rings. The second kappa shape index (κ2) is 7.65. The first-order chi connectivity index (χ1) is 10.2. The number of para-hydroxylation sites is 1. The van der Waals surface area contributed by atoms with Crippen LogP contribution in [0.3, 0.4) is 0 Å². The normalized spacial score (nSPS) is 11.9. The average molecular weight is 281 g/mol. The summed E-state index contributed by atoms with van der Waals surface area (Å²) in [6.45, 7) is 9.34. The Hall–Kier alpha value is -2.06. The molecule has 0 amide bonds. The van der Waals surface area contributed by atoms with Gasteiger partial charge in [0.2, 0.25) is 0 Å². The van der Waals surface area contributed by atoms with E-state index in [1.165, 1.54) is 16.7 Å². The summed E-state index contributed by atoms with van der Waals surface area (Å²) in [4.78, 5) is 0. The second-order valence-electron chi connectivity index (χ2n) is 5.17. The maximum Gasteiger partial charge on any atom is 0.124 e. The van der Waals surface area contributed by atoms with Crippen LogP contribution in [0, 0.1) is 6.92 Å². The first-order valence-corrected chi connectivity index (χ1v) is 7.33. The van der Waals surface area contributed by atoms with Crippen molar-refractivity contribution < 1.29 is 4.74 Å². The molecule has 0 aliphatic rings. The third kappa shape index (κ3) is 4.20. The highest BCUT2D eigenvalue weighted by molar-refractivity contribution is 5.34. The third-order valence-corrected chi connectivity index (χ3v) is 3.58. The van der Waals surface area contributed by atoms with E-state index in [2.05, 4.69) is 56.1 Å². The summed E-state index contributed by atoms with van der Waals surface area (Å²) >= 11 is 0. The quantitative estimate of drug-likeness (QED) is 0.759. The predicted molar refractivity (Wildman–Crippen MR) is 88.6 cm³/mol. The zero-order valence-electron chi connectivity index (χ0n) is 12.8. The first-order valence-electron chi connectivity index (χ1n) is 7.33. The largest absolute Gasteiger partial charge is 0.489 e. The minimum Gasteiger partial charge on any atom is -0.489 e. The molecular weight excluding hydrogens is 258 g/mol. The second-order valence-corrected chi connectivity index (χ2v) is 5.17. The third-order valence-electron chi connectivity index (χ3n) is 3.58. The molecule has 110 valence electrons. The molecule has 0 aliphatic heterocycles. The SMILES string of the molecule is C=CCOc1ccccc1CN[C@@H](C)c1ccccc1C. The fourth-order valence-corrected chi connectivity index (χ4v) is 2.39. The van der Waals surface area contributed by atoms with Gasteiger partial charge in [-0.1, -0.05) is 55.1 Å². The number of rotatable bonds is 7. The summed E-state index contributed by atoms with van der Waals surface area (Å²) < 4.78 is 5.69. The van der Waals surface area contributed by atoms with Gasteiger partial charge in [0.15, 0.2) is 0 Å². The van der Waals surface area contributed by atoms with Crippen molar-refractivity contribution in [1.82, 2.24) is 5.32 Å². The van der Waals surface area contributed by atoms with Crippen LogP contribution >= 0.6 is 0 Å². The Morgan fingerprint density at radius 3 is 2.62 bits per heavy atom. The number of nitrogens with one attached hydrogen (secondary N) is 1. The zero-order chi connectivity index (χ0) is 15.1. The fraction of sp³-hybridized carbons (Fsp3) is 0.263. The molecule has 0 aromatic heterocycles. The standard InChI is InChI=1S/C19H23NO/c1-4-13-21-19-12-8-6-10-17(19)14-20-16(3)18-11-7-5-9-15(18)2/h4-12,16,20H,1,13-14H2,2-3H3/t16-/m0/s1. The Balaban J connectivity index is 2.03. The van der Waals surface area contributed by atoms with Gasteiger partial charge in [0.1, 0.15) is 12.4 Å². The molecule has 0 heterocycles. The van der Waals surface area contributed by atoms with Gasteiger partial charge in [-0.15, -0.1) is 0 Å². The first kappa shape index (κ1) is 15.3. The molecule has 0 unspecified atom stereocenters. The van der Waals surface area contributed by atoms with E-state index in [0.717, 1.165) is 12.3 Å². The van der Waals surface area contributed by atoms with Crippen molar-refractivity contribution in [3.63, 3.8) is 0 Å². The van der Waals surface area contributed by atoms with Crippen LogP contribution in [0.5, 0.6) is 5.75 Å². The molecule has 0 aliphatic carbocycles. The lowest BCUT2D eigenvalue weighted by molar-refractivity contribution is 0.357. The van der Waals surface area contributed by atoms with Gasteiger partial charge in [0, 0.05) is 18.2 Å². The van der Waals surface area contributed by atoms with E-state index in [0.29, 0.717) is 12.6 Å². The number of benzene rings is 2. The van der Waals surface area contributed by atoms with Crippen LogP contribution < -0.4 is 10.1 Å². The van der Waals surface area contributed by atoms with Crippen molar-refractivity contribution in [2.24, 2.45) is 0 Å². The van der Waals surface area contributed by atoms with Crippen molar-refractivity contribution in [3.05, 3.63) is 77.9 Å². The highest BCUT2D eigenvalue weighted by atomic mass is 16.5. The Morgan fingerprint density at radius 2 is 1.86 bits per heavy atom. The van der Waals surface area contributed by atoms with E-state index in [1.807, 2.05) is 18.2 Å². The number of hydrogen-bond acceptors (Lipinski definition) is 2. The van der Waals surface area contributed by atoms with E-state index >= 15 is 0 Å². The van der Waals surface area contributed by atoms with Crippen LogP contribution in [0.4, 0.5) is 0 Å². The lowest BCUT2D eigenvalue weighted by atomic mass is 10.0. The summed E-state index contributed by atoms with van der Waals surface area (Å²) in [7, 11) is 0. The number of aryl methyl sites for hydroxylation is 1. The van der Waals surface area contributed by atoms with Gasteiger partial charge in [0.25, 0.3) is 0 Å². The van der Waals surface area contributed by atoms with Crippen molar-refractivity contribution >= 4 is 0 Å². The molecule has 0 saturated heterocycles. The maximum atomic E-state index is 5.69. The van der Waals surface area contributed by atoms with E-state index in [-0.39, 0.29) is 0 Å². The van der Waals surface area contributed by atoms with Gasteiger partial charge in [-0.05, 0) is 31.0 Å². The average Bonchev–Trinajstić information content (AvgIpc) is 2.52.